The van der Waals surface area contributed by atoms with Crippen molar-refractivity contribution in [2.45, 2.75) is 59.9 Å². The van der Waals surface area contributed by atoms with E-state index in [1.807, 2.05) is 41.5 Å². The summed E-state index contributed by atoms with van der Waals surface area (Å²) in [5, 5.41) is 0. The van der Waals surface area contributed by atoms with E-state index in [0.717, 1.165) is 0 Å². The van der Waals surface area contributed by atoms with Crippen molar-refractivity contribution in [2.75, 3.05) is 0 Å². The standard InChI is InChI=1S/3C3H7O.2In/c3*1-3(2)4;;/h3*3H,1-2H3;;/q3*-1;;+3. The van der Waals surface area contributed by atoms with E-state index in [2.05, 4.69) is 0 Å². The first-order chi connectivity index (χ1) is 5.91. The van der Waals surface area contributed by atoms with Gasteiger partial charge in [0.25, 0.3) is 0 Å². The zero-order chi connectivity index (χ0) is 10.4. The maximum Gasteiger partial charge on any atom is 0 e. The molecule has 0 rings (SSSR count). The fourth-order valence-electron chi connectivity index (χ4n) is 0.763. The SMILES string of the molecule is CC(C)[O][In]([O]C(C)C)[O]C(C)C.[In]. The normalized spacial score (nSPS) is 10.9. The van der Waals surface area contributed by atoms with Crippen LogP contribution in [0.2, 0.25) is 0 Å². The summed E-state index contributed by atoms with van der Waals surface area (Å²) in [5.74, 6) is 0. The van der Waals surface area contributed by atoms with Crippen molar-refractivity contribution < 1.29 is 8.56 Å². The van der Waals surface area contributed by atoms with Crippen molar-refractivity contribution in [1.29, 1.82) is 0 Å². The molecule has 3 nitrogen and oxygen atoms in total. The Morgan fingerprint density at radius 1 is 0.643 bits per heavy atom. The monoisotopic (exact) mass is 407 g/mol. The molecular formula is C9H21In2O3. The molecule has 0 fully saturated rings. The van der Waals surface area contributed by atoms with Gasteiger partial charge < -0.3 is 0 Å². The summed E-state index contributed by atoms with van der Waals surface area (Å²) < 4.78 is 16.9. The van der Waals surface area contributed by atoms with E-state index in [9.17, 15) is 0 Å². The van der Waals surface area contributed by atoms with Crippen LogP contribution >= 0.6 is 0 Å². The zero-order valence-corrected chi connectivity index (χ0v) is 16.7. The molecule has 0 atom stereocenters. The second-order valence-corrected chi connectivity index (χ2v) is 7.82. The molecule has 14 heavy (non-hydrogen) atoms. The van der Waals surface area contributed by atoms with E-state index in [4.69, 9.17) is 8.56 Å². The minimum atomic E-state index is -2.61. The summed E-state index contributed by atoms with van der Waals surface area (Å²) in [5.41, 5.74) is 0. The molecule has 0 unspecified atom stereocenters. The molecule has 0 aliphatic carbocycles. The van der Waals surface area contributed by atoms with Crippen LogP contribution in [-0.2, 0) is 8.56 Å². The topological polar surface area (TPSA) is 27.7 Å². The Balaban J connectivity index is 0. The molecule has 0 heterocycles. The van der Waals surface area contributed by atoms with Gasteiger partial charge in [-0.25, -0.2) is 0 Å². The van der Waals surface area contributed by atoms with Crippen LogP contribution in [-0.4, -0.2) is 66.9 Å². The number of hydrogen-bond acceptors (Lipinski definition) is 3. The molecule has 0 saturated heterocycles. The van der Waals surface area contributed by atoms with Crippen LogP contribution in [0.4, 0.5) is 0 Å². The maximum absolute atomic E-state index is 5.64. The van der Waals surface area contributed by atoms with Gasteiger partial charge in [0.15, 0.2) is 0 Å². The molecule has 81 valence electrons. The molecule has 5 heteroatoms. The molecule has 0 spiro atoms. The largest absolute Gasteiger partial charge is 0 e. The van der Waals surface area contributed by atoms with Crippen LogP contribution in [0.15, 0.2) is 0 Å². The van der Waals surface area contributed by atoms with E-state index < -0.39 is 22.7 Å². The van der Waals surface area contributed by atoms with Crippen LogP contribution in [0.1, 0.15) is 41.5 Å². The van der Waals surface area contributed by atoms with Gasteiger partial charge >= 0.3 is 91.2 Å². The van der Waals surface area contributed by atoms with Crippen LogP contribution < -0.4 is 0 Å². The van der Waals surface area contributed by atoms with Crippen LogP contribution in [0.25, 0.3) is 0 Å². The van der Waals surface area contributed by atoms with Gasteiger partial charge in [0.1, 0.15) is 0 Å². The van der Waals surface area contributed by atoms with Crippen molar-refractivity contribution in [3.8, 4) is 0 Å². The first-order valence-electron chi connectivity index (χ1n) is 4.88. The summed E-state index contributed by atoms with van der Waals surface area (Å²) in [7, 11) is 0. The molecular weight excluding hydrogens is 386 g/mol. The third kappa shape index (κ3) is 11.7. The summed E-state index contributed by atoms with van der Waals surface area (Å²) in [6, 6.07) is 0. The molecule has 0 N–H and O–H groups in total. The van der Waals surface area contributed by atoms with Gasteiger partial charge in [0.05, 0.1) is 0 Å². The smallest absolute Gasteiger partial charge is 0 e. The van der Waals surface area contributed by atoms with Crippen molar-refractivity contribution in [1.82, 2.24) is 0 Å². The fraction of sp³-hybridized carbons (Fsp3) is 1.00. The van der Waals surface area contributed by atoms with Gasteiger partial charge in [-0.3, -0.25) is 0 Å². The second kappa shape index (κ2) is 9.82. The molecule has 3 radical (unpaired) electrons. The number of hydrogen-bond donors (Lipinski definition) is 0. The van der Waals surface area contributed by atoms with Gasteiger partial charge in [-0.2, -0.15) is 0 Å². The summed E-state index contributed by atoms with van der Waals surface area (Å²) in [4.78, 5) is 0. The Morgan fingerprint density at radius 3 is 1.00 bits per heavy atom. The summed E-state index contributed by atoms with van der Waals surface area (Å²) in [6.07, 6.45) is 0.620. The van der Waals surface area contributed by atoms with Crippen molar-refractivity contribution in [3.05, 3.63) is 0 Å². The Labute approximate surface area is 116 Å². The van der Waals surface area contributed by atoms with Crippen LogP contribution in [0.5, 0.6) is 0 Å². The van der Waals surface area contributed by atoms with Crippen LogP contribution in [0.3, 0.4) is 0 Å². The summed E-state index contributed by atoms with van der Waals surface area (Å²) >= 11 is -2.61. The van der Waals surface area contributed by atoms with E-state index in [1.54, 1.807) is 0 Å². The van der Waals surface area contributed by atoms with Gasteiger partial charge in [0.2, 0.25) is 0 Å². The zero-order valence-electron chi connectivity index (χ0n) is 10.1. The second-order valence-electron chi connectivity index (χ2n) is 3.84. The molecule has 0 amide bonds. The Bertz CT molecular complexity index is 105. The van der Waals surface area contributed by atoms with E-state index in [0.29, 0.717) is 0 Å². The van der Waals surface area contributed by atoms with Gasteiger partial charge in [-0.05, 0) is 0 Å². The Hall–Kier alpha value is 1.62. The van der Waals surface area contributed by atoms with Gasteiger partial charge in [0, 0.05) is 25.8 Å². The van der Waals surface area contributed by atoms with Gasteiger partial charge in [-0.15, -0.1) is 0 Å². The first-order valence-corrected chi connectivity index (χ1v) is 8.91. The minimum absolute atomic E-state index is 0. The predicted molar refractivity (Wildman–Crippen MR) is 60.2 cm³/mol. The van der Waals surface area contributed by atoms with E-state index >= 15 is 0 Å². The Morgan fingerprint density at radius 2 is 0.857 bits per heavy atom. The van der Waals surface area contributed by atoms with Gasteiger partial charge in [-0.1, -0.05) is 0 Å². The average Bonchev–Trinajstić information content (AvgIpc) is 1.80. The van der Waals surface area contributed by atoms with E-state index in [1.165, 1.54) is 0 Å². The third-order valence-electron chi connectivity index (χ3n) is 1.15. The molecule has 0 saturated carbocycles. The molecule has 0 aromatic heterocycles. The molecule has 0 bridgehead atoms. The van der Waals surface area contributed by atoms with Crippen LogP contribution in [0, 0.1) is 0 Å². The molecule has 0 aromatic carbocycles. The average molecular weight is 407 g/mol. The molecule has 0 aliphatic heterocycles. The summed E-state index contributed by atoms with van der Waals surface area (Å²) in [6.45, 7) is 12.1. The molecule has 0 aromatic rings. The van der Waals surface area contributed by atoms with Crippen molar-refractivity contribution in [2.24, 2.45) is 0 Å². The minimum Gasteiger partial charge on any atom is 0 e. The molecule has 0 aliphatic rings. The Kier molecular flexibility index (Phi) is 12.6. The fourth-order valence-corrected chi connectivity index (χ4v) is 5.12. The maximum atomic E-state index is 5.64. The number of rotatable bonds is 6. The van der Waals surface area contributed by atoms with Crippen molar-refractivity contribution in [3.63, 3.8) is 0 Å². The predicted octanol–water partition coefficient (Wildman–Crippen LogP) is 1.87. The van der Waals surface area contributed by atoms with E-state index in [-0.39, 0.29) is 44.2 Å². The third-order valence-corrected chi connectivity index (χ3v) is 7.71. The van der Waals surface area contributed by atoms with Crippen molar-refractivity contribution >= 4 is 48.6 Å². The first kappa shape index (κ1) is 18.0. The quantitative estimate of drug-likeness (QED) is 0.674.